The van der Waals surface area contributed by atoms with E-state index in [1.807, 2.05) is 0 Å². The molecule has 164 valence electrons. The lowest BCUT2D eigenvalue weighted by molar-refractivity contribution is -0.121. The van der Waals surface area contributed by atoms with E-state index < -0.39 is 0 Å². The third-order valence-corrected chi connectivity index (χ3v) is 5.48. The van der Waals surface area contributed by atoms with Crippen LogP contribution in [0.3, 0.4) is 0 Å². The fourth-order valence-corrected chi connectivity index (χ4v) is 3.60. The summed E-state index contributed by atoms with van der Waals surface area (Å²) in [5.74, 6) is 1.64. The van der Waals surface area contributed by atoms with Gasteiger partial charge in [0.25, 0.3) is 0 Å². The Labute approximate surface area is 194 Å². The van der Waals surface area contributed by atoms with Gasteiger partial charge in [0.1, 0.15) is 0 Å². The van der Waals surface area contributed by atoms with Crippen LogP contribution in [0.25, 0.3) is 0 Å². The monoisotopic (exact) mass is 514 g/mol. The molecule has 6 heteroatoms. The Morgan fingerprint density at radius 3 is 2.31 bits per heavy atom. The van der Waals surface area contributed by atoms with E-state index in [-0.39, 0.29) is 35.3 Å². The molecule has 1 aromatic rings. The molecule has 5 nitrogen and oxygen atoms in total. The van der Waals surface area contributed by atoms with Crippen molar-refractivity contribution in [1.82, 2.24) is 15.5 Å². The largest absolute Gasteiger partial charge is 0.359 e. The summed E-state index contributed by atoms with van der Waals surface area (Å²) in [6, 6.07) is 8.93. The minimum atomic E-state index is 0. The Bertz CT molecular complexity index is 644. The van der Waals surface area contributed by atoms with Crippen LogP contribution >= 0.6 is 24.0 Å². The van der Waals surface area contributed by atoms with Crippen molar-refractivity contribution in [3.63, 3.8) is 0 Å². The normalized spacial score (nSPS) is 15.6. The van der Waals surface area contributed by atoms with Crippen LogP contribution in [-0.2, 0) is 16.6 Å². The van der Waals surface area contributed by atoms with E-state index in [2.05, 4.69) is 67.5 Å². The first-order valence-corrected chi connectivity index (χ1v) is 10.7. The predicted molar refractivity (Wildman–Crippen MR) is 133 cm³/mol. The molecule has 1 heterocycles. The molecule has 1 fully saturated rings. The molecule has 1 aliphatic heterocycles. The highest BCUT2D eigenvalue weighted by molar-refractivity contribution is 14.0. The molecule has 2 N–H and O–H groups in total. The quantitative estimate of drug-likeness (QED) is 0.344. The summed E-state index contributed by atoms with van der Waals surface area (Å²) in [6.07, 6.45) is 3.69. The lowest BCUT2D eigenvalue weighted by atomic mass is 9.86. The SMILES string of the molecule is CCNC(=NCCc1ccc(C(C)(C)C)cc1)N1CCC(CC(=O)NC)CC1.I. The molecule has 0 bridgehead atoms. The maximum atomic E-state index is 11.6. The standard InChI is InChI=1S/C23H38N4O.HI/c1-6-25-22(27-15-12-19(13-16-27)17-21(28)24-5)26-14-11-18-7-9-20(10-8-18)23(2,3)4;/h7-10,19H,6,11-17H2,1-5H3,(H,24,28)(H,25,26);1H. The highest BCUT2D eigenvalue weighted by Gasteiger charge is 2.23. The van der Waals surface area contributed by atoms with Crippen LogP contribution in [0, 0.1) is 5.92 Å². The summed E-state index contributed by atoms with van der Waals surface area (Å²) in [5, 5.41) is 6.16. The predicted octanol–water partition coefficient (Wildman–Crippen LogP) is 3.96. The highest BCUT2D eigenvalue weighted by atomic mass is 127. The maximum Gasteiger partial charge on any atom is 0.220 e. The summed E-state index contributed by atoms with van der Waals surface area (Å²) in [5.41, 5.74) is 2.89. The number of carbonyl (C=O) groups is 1. The number of hydrogen-bond acceptors (Lipinski definition) is 2. The van der Waals surface area contributed by atoms with Crippen molar-refractivity contribution in [1.29, 1.82) is 0 Å². The third kappa shape index (κ3) is 8.52. The molecule has 29 heavy (non-hydrogen) atoms. The van der Waals surface area contributed by atoms with E-state index in [1.54, 1.807) is 7.05 Å². The molecule has 0 aliphatic carbocycles. The van der Waals surface area contributed by atoms with Crippen molar-refractivity contribution in [3.05, 3.63) is 35.4 Å². The van der Waals surface area contributed by atoms with Crippen LogP contribution in [0.1, 0.15) is 58.1 Å². The molecular weight excluding hydrogens is 475 g/mol. The summed E-state index contributed by atoms with van der Waals surface area (Å²) in [4.78, 5) is 18.8. The number of nitrogens with one attached hydrogen (secondary N) is 2. The fraction of sp³-hybridized carbons (Fsp3) is 0.652. The number of hydrogen-bond donors (Lipinski definition) is 2. The van der Waals surface area contributed by atoms with E-state index in [9.17, 15) is 4.79 Å². The Kier molecular flexibility index (Phi) is 11.0. The second-order valence-electron chi connectivity index (χ2n) is 8.74. The number of aliphatic imine (C=N–C) groups is 1. The van der Waals surface area contributed by atoms with Crippen LogP contribution in [-0.4, -0.2) is 50.0 Å². The number of nitrogens with zero attached hydrogens (tertiary/aromatic N) is 2. The van der Waals surface area contributed by atoms with Gasteiger partial charge in [0.15, 0.2) is 5.96 Å². The zero-order valence-corrected chi connectivity index (χ0v) is 21.1. The molecule has 0 spiro atoms. The number of rotatable bonds is 6. The fourth-order valence-electron chi connectivity index (χ4n) is 3.60. The van der Waals surface area contributed by atoms with Crippen LogP contribution in [0.2, 0.25) is 0 Å². The lowest BCUT2D eigenvalue weighted by Crippen LogP contribution is -2.46. The van der Waals surface area contributed by atoms with E-state index in [4.69, 9.17) is 4.99 Å². The first-order valence-electron chi connectivity index (χ1n) is 10.7. The molecule has 0 saturated carbocycles. The summed E-state index contributed by atoms with van der Waals surface area (Å²) >= 11 is 0. The minimum Gasteiger partial charge on any atom is -0.359 e. The number of benzene rings is 1. The number of piperidine rings is 1. The van der Waals surface area contributed by atoms with Crippen molar-refractivity contribution >= 4 is 35.8 Å². The Morgan fingerprint density at radius 1 is 1.17 bits per heavy atom. The smallest absolute Gasteiger partial charge is 0.220 e. The van der Waals surface area contributed by atoms with Gasteiger partial charge in [0, 0.05) is 39.6 Å². The Morgan fingerprint density at radius 2 is 1.79 bits per heavy atom. The minimum absolute atomic E-state index is 0. The lowest BCUT2D eigenvalue weighted by Gasteiger charge is -2.34. The number of likely N-dealkylation sites (tertiary alicyclic amines) is 1. The van der Waals surface area contributed by atoms with Gasteiger partial charge in [0.2, 0.25) is 5.91 Å². The molecule has 1 aromatic carbocycles. The molecule has 0 radical (unpaired) electrons. The van der Waals surface area contributed by atoms with E-state index >= 15 is 0 Å². The molecule has 0 unspecified atom stereocenters. The average molecular weight is 514 g/mol. The molecule has 2 rings (SSSR count). The molecule has 1 saturated heterocycles. The van der Waals surface area contributed by atoms with E-state index in [1.165, 1.54) is 11.1 Å². The Balaban J connectivity index is 0.00000420. The van der Waals surface area contributed by atoms with Crippen molar-refractivity contribution < 1.29 is 4.79 Å². The van der Waals surface area contributed by atoms with Gasteiger partial charge in [-0.15, -0.1) is 24.0 Å². The van der Waals surface area contributed by atoms with Gasteiger partial charge < -0.3 is 15.5 Å². The van der Waals surface area contributed by atoms with Crippen molar-refractivity contribution in [2.75, 3.05) is 33.2 Å². The number of carbonyl (C=O) groups excluding carboxylic acids is 1. The van der Waals surface area contributed by atoms with Gasteiger partial charge in [-0.3, -0.25) is 9.79 Å². The van der Waals surface area contributed by atoms with Crippen LogP contribution < -0.4 is 10.6 Å². The van der Waals surface area contributed by atoms with Gasteiger partial charge in [-0.05, 0) is 48.6 Å². The van der Waals surface area contributed by atoms with Gasteiger partial charge in [0.05, 0.1) is 0 Å². The van der Waals surface area contributed by atoms with Crippen molar-refractivity contribution in [2.45, 2.75) is 58.8 Å². The first kappa shape index (κ1) is 25.7. The van der Waals surface area contributed by atoms with Crippen LogP contribution in [0.5, 0.6) is 0 Å². The number of amides is 1. The van der Waals surface area contributed by atoms with Gasteiger partial charge >= 0.3 is 0 Å². The van der Waals surface area contributed by atoms with Crippen LogP contribution in [0.4, 0.5) is 0 Å². The van der Waals surface area contributed by atoms with Crippen molar-refractivity contribution in [2.24, 2.45) is 10.9 Å². The summed E-state index contributed by atoms with van der Waals surface area (Å²) in [6.45, 7) is 12.4. The zero-order chi connectivity index (χ0) is 20.6. The van der Waals surface area contributed by atoms with Crippen LogP contribution in [0.15, 0.2) is 29.3 Å². The molecule has 1 aliphatic rings. The molecular formula is C23H39IN4O. The van der Waals surface area contributed by atoms with Gasteiger partial charge in [-0.1, -0.05) is 45.0 Å². The Hall–Kier alpha value is -1.31. The van der Waals surface area contributed by atoms with Gasteiger partial charge in [-0.2, -0.15) is 0 Å². The third-order valence-electron chi connectivity index (χ3n) is 5.48. The van der Waals surface area contributed by atoms with E-state index in [0.717, 1.165) is 51.4 Å². The summed E-state index contributed by atoms with van der Waals surface area (Å²) in [7, 11) is 1.71. The average Bonchev–Trinajstić information content (AvgIpc) is 2.67. The summed E-state index contributed by atoms with van der Waals surface area (Å²) < 4.78 is 0. The highest BCUT2D eigenvalue weighted by Crippen LogP contribution is 2.22. The molecule has 0 atom stereocenters. The molecule has 0 aromatic heterocycles. The van der Waals surface area contributed by atoms with Crippen molar-refractivity contribution in [3.8, 4) is 0 Å². The van der Waals surface area contributed by atoms with E-state index in [0.29, 0.717) is 12.3 Å². The second-order valence-corrected chi connectivity index (χ2v) is 8.74. The maximum absolute atomic E-state index is 11.6. The second kappa shape index (κ2) is 12.4. The topological polar surface area (TPSA) is 56.7 Å². The van der Waals surface area contributed by atoms with Gasteiger partial charge in [-0.25, -0.2) is 0 Å². The molecule has 1 amide bonds. The first-order chi connectivity index (χ1) is 13.3. The number of guanidine groups is 1. The number of halogens is 1. The zero-order valence-electron chi connectivity index (χ0n) is 18.8.